The quantitative estimate of drug-likeness (QED) is 0.692. The monoisotopic (exact) mass is 409 g/mol. The topological polar surface area (TPSA) is 79.2 Å². The first-order valence-corrected chi connectivity index (χ1v) is 9.86. The number of hydrogen-bond acceptors (Lipinski definition) is 6. The number of carbonyl (C=O) groups excluding carboxylic acids is 1. The van der Waals surface area contributed by atoms with Crippen LogP contribution in [0.4, 0.5) is 10.2 Å². The second-order valence-electron chi connectivity index (χ2n) is 7.33. The Morgan fingerprint density at radius 1 is 1.13 bits per heavy atom. The molecule has 0 unspecified atom stereocenters. The van der Waals surface area contributed by atoms with Gasteiger partial charge in [0.2, 0.25) is 5.82 Å². The fraction of sp³-hybridized carbons (Fsp3) is 0.333. The lowest BCUT2D eigenvalue weighted by atomic mass is 10.2. The normalized spacial score (nSPS) is 14.7. The van der Waals surface area contributed by atoms with E-state index in [0.29, 0.717) is 18.1 Å². The zero-order valence-corrected chi connectivity index (χ0v) is 17.0. The van der Waals surface area contributed by atoms with Crippen LogP contribution >= 0.6 is 0 Å². The van der Waals surface area contributed by atoms with Gasteiger partial charge in [-0.05, 0) is 44.3 Å². The first kappa shape index (κ1) is 20.0. The molecule has 9 heteroatoms. The maximum absolute atomic E-state index is 13.2. The Hall–Kier alpha value is -3.33. The summed E-state index contributed by atoms with van der Waals surface area (Å²) in [5.74, 6) is 0.814. The molecule has 1 saturated heterocycles. The van der Waals surface area contributed by atoms with Crippen molar-refractivity contribution >= 4 is 11.7 Å². The number of piperazine rings is 1. The average molecular weight is 409 g/mol. The third-order valence-corrected chi connectivity index (χ3v) is 5.15. The molecule has 1 aliphatic rings. The fourth-order valence-corrected chi connectivity index (χ4v) is 3.44. The van der Waals surface area contributed by atoms with E-state index in [1.54, 1.807) is 25.3 Å². The molecule has 0 spiro atoms. The third kappa shape index (κ3) is 4.30. The summed E-state index contributed by atoms with van der Waals surface area (Å²) < 4.78 is 14.7. The molecule has 30 heavy (non-hydrogen) atoms. The number of rotatable bonds is 5. The predicted octanol–water partition coefficient (Wildman–Crippen LogP) is 1.79. The number of aryl methyl sites for hydroxylation is 1. The van der Waals surface area contributed by atoms with Crippen molar-refractivity contribution in [2.24, 2.45) is 0 Å². The number of nitrogens with zero attached hydrogens (tertiary/aromatic N) is 6. The smallest absolute Gasteiger partial charge is 0.291 e. The highest BCUT2D eigenvalue weighted by Crippen LogP contribution is 2.19. The van der Waals surface area contributed by atoms with E-state index in [2.05, 4.69) is 37.2 Å². The minimum atomic E-state index is -0.368. The minimum Gasteiger partial charge on any atom is -0.354 e. The molecule has 0 atom stereocenters. The van der Waals surface area contributed by atoms with Crippen molar-refractivity contribution in [3.05, 3.63) is 65.6 Å². The van der Waals surface area contributed by atoms with Crippen molar-refractivity contribution in [3.8, 4) is 5.69 Å². The van der Waals surface area contributed by atoms with Crippen LogP contribution in [0.3, 0.4) is 0 Å². The second kappa shape index (κ2) is 8.58. The number of aromatic nitrogens is 4. The number of carbonyl (C=O) groups is 1. The Morgan fingerprint density at radius 3 is 2.60 bits per heavy atom. The Labute approximate surface area is 174 Å². The van der Waals surface area contributed by atoms with Gasteiger partial charge >= 0.3 is 0 Å². The fourth-order valence-electron chi connectivity index (χ4n) is 3.44. The molecule has 3 aromatic rings. The van der Waals surface area contributed by atoms with Crippen LogP contribution in [0.5, 0.6) is 0 Å². The standard InChI is InChI=1S/C21H24FN7O/c1-15-25-19(26-29(15)18-7-5-17(22)6-8-18)21(30)24-14-16-4-3-9-23-20(16)28-12-10-27(2)11-13-28/h3-9H,10-14H2,1-2H3,(H,24,30). The van der Waals surface area contributed by atoms with Gasteiger partial charge in [0.15, 0.2) is 0 Å². The number of halogens is 1. The van der Waals surface area contributed by atoms with Crippen molar-refractivity contribution in [2.75, 3.05) is 38.1 Å². The molecule has 4 rings (SSSR count). The van der Waals surface area contributed by atoms with E-state index < -0.39 is 0 Å². The van der Waals surface area contributed by atoms with E-state index >= 15 is 0 Å². The predicted molar refractivity (Wildman–Crippen MR) is 111 cm³/mol. The van der Waals surface area contributed by atoms with Crippen molar-refractivity contribution in [1.29, 1.82) is 0 Å². The minimum absolute atomic E-state index is 0.0712. The summed E-state index contributed by atoms with van der Waals surface area (Å²) >= 11 is 0. The number of likely N-dealkylation sites (N-methyl/N-ethyl adjacent to an activating group) is 1. The van der Waals surface area contributed by atoms with Gasteiger partial charge in [0, 0.05) is 44.5 Å². The van der Waals surface area contributed by atoms with E-state index in [9.17, 15) is 9.18 Å². The van der Waals surface area contributed by atoms with Gasteiger partial charge in [-0.1, -0.05) is 6.07 Å². The average Bonchev–Trinajstić information content (AvgIpc) is 3.15. The maximum atomic E-state index is 13.2. The van der Waals surface area contributed by atoms with Gasteiger partial charge in [-0.2, -0.15) is 0 Å². The first-order chi connectivity index (χ1) is 14.5. The van der Waals surface area contributed by atoms with E-state index in [-0.39, 0.29) is 17.5 Å². The van der Waals surface area contributed by atoms with Crippen LogP contribution in [0.25, 0.3) is 5.69 Å². The Morgan fingerprint density at radius 2 is 1.87 bits per heavy atom. The van der Waals surface area contributed by atoms with Crippen molar-refractivity contribution < 1.29 is 9.18 Å². The van der Waals surface area contributed by atoms with Crippen LogP contribution < -0.4 is 10.2 Å². The molecular weight excluding hydrogens is 385 g/mol. The van der Waals surface area contributed by atoms with Crippen molar-refractivity contribution in [2.45, 2.75) is 13.5 Å². The van der Waals surface area contributed by atoms with Crippen LogP contribution in [0.2, 0.25) is 0 Å². The van der Waals surface area contributed by atoms with Gasteiger partial charge in [-0.15, -0.1) is 5.10 Å². The van der Waals surface area contributed by atoms with Gasteiger partial charge < -0.3 is 15.1 Å². The molecule has 0 aliphatic carbocycles. The summed E-state index contributed by atoms with van der Waals surface area (Å²) in [5.41, 5.74) is 1.59. The first-order valence-electron chi connectivity index (χ1n) is 9.86. The molecule has 1 fully saturated rings. The summed E-state index contributed by atoms with van der Waals surface area (Å²) in [4.78, 5) is 26.0. The second-order valence-corrected chi connectivity index (χ2v) is 7.33. The molecule has 0 radical (unpaired) electrons. The molecule has 0 saturated carbocycles. The van der Waals surface area contributed by atoms with Gasteiger partial charge in [-0.3, -0.25) is 4.79 Å². The highest BCUT2D eigenvalue weighted by Gasteiger charge is 2.19. The molecule has 156 valence electrons. The van der Waals surface area contributed by atoms with E-state index in [1.165, 1.54) is 16.8 Å². The number of hydrogen-bond donors (Lipinski definition) is 1. The largest absolute Gasteiger partial charge is 0.354 e. The maximum Gasteiger partial charge on any atom is 0.291 e. The van der Waals surface area contributed by atoms with Crippen LogP contribution in [-0.2, 0) is 6.54 Å². The highest BCUT2D eigenvalue weighted by molar-refractivity contribution is 5.90. The lowest BCUT2D eigenvalue weighted by Gasteiger charge is -2.34. The van der Waals surface area contributed by atoms with Crippen LogP contribution in [0.15, 0.2) is 42.6 Å². The molecule has 2 aromatic heterocycles. The number of amides is 1. The van der Waals surface area contributed by atoms with Gasteiger partial charge in [0.25, 0.3) is 5.91 Å². The van der Waals surface area contributed by atoms with E-state index in [4.69, 9.17) is 0 Å². The molecular formula is C21H24FN7O. The Kier molecular flexibility index (Phi) is 5.71. The number of benzene rings is 1. The summed E-state index contributed by atoms with van der Waals surface area (Å²) in [6, 6.07) is 9.72. The molecule has 1 N–H and O–H groups in total. The summed E-state index contributed by atoms with van der Waals surface area (Å²) in [5, 5.41) is 7.17. The van der Waals surface area contributed by atoms with E-state index in [1.807, 2.05) is 12.1 Å². The Balaban J connectivity index is 1.46. The van der Waals surface area contributed by atoms with Gasteiger partial charge in [0.1, 0.15) is 17.5 Å². The van der Waals surface area contributed by atoms with Crippen LogP contribution in [0, 0.1) is 12.7 Å². The summed E-state index contributed by atoms with van der Waals surface area (Å²) in [6.45, 7) is 5.84. The van der Waals surface area contributed by atoms with E-state index in [0.717, 1.165) is 37.6 Å². The molecule has 1 aliphatic heterocycles. The number of anilines is 1. The summed E-state index contributed by atoms with van der Waals surface area (Å²) in [7, 11) is 2.11. The summed E-state index contributed by atoms with van der Waals surface area (Å²) in [6.07, 6.45) is 1.77. The Bertz CT molecular complexity index is 1030. The lowest BCUT2D eigenvalue weighted by Crippen LogP contribution is -2.45. The molecule has 0 bridgehead atoms. The molecule has 8 nitrogen and oxygen atoms in total. The SMILES string of the molecule is Cc1nc(C(=O)NCc2cccnc2N2CCN(C)CC2)nn1-c1ccc(F)cc1. The van der Waals surface area contributed by atoms with Crippen molar-refractivity contribution in [3.63, 3.8) is 0 Å². The van der Waals surface area contributed by atoms with Gasteiger partial charge in [-0.25, -0.2) is 19.0 Å². The molecule has 1 amide bonds. The van der Waals surface area contributed by atoms with Crippen LogP contribution in [-0.4, -0.2) is 63.8 Å². The highest BCUT2D eigenvalue weighted by atomic mass is 19.1. The third-order valence-electron chi connectivity index (χ3n) is 5.15. The zero-order valence-electron chi connectivity index (χ0n) is 17.0. The molecule has 3 heterocycles. The lowest BCUT2D eigenvalue weighted by molar-refractivity contribution is 0.0940. The number of pyridine rings is 1. The number of nitrogens with one attached hydrogen (secondary N) is 1. The van der Waals surface area contributed by atoms with Crippen molar-refractivity contribution in [1.82, 2.24) is 30.0 Å². The van der Waals surface area contributed by atoms with Crippen LogP contribution in [0.1, 0.15) is 22.0 Å². The zero-order chi connectivity index (χ0) is 21.1. The molecule has 1 aromatic carbocycles. The van der Waals surface area contributed by atoms with Gasteiger partial charge in [0.05, 0.1) is 5.69 Å².